The number of rotatable bonds is 6. The fourth-order valence-electron chi connectivity index (χ4n) is 2.33. The van der Waals surface area contributed by atoms with Crippen LogP contribution in [0.1, 0.15) is 17.0 Å². The molecule has 0 aliphatic heterocycles. The van der Waals surface area contributed by atoms with Gasteiger partial charge in [0.05, 0.1) is 18.5 Å². The number of hydrogen-bond donors (Lipinski definition) is 1. The maximum Gasteiger partial charge on any atom is 0.206 e. The van der Waals surface area contributed by atoms with Crippen LogP contribution in [0.5, 0.6) is 0 Å². The minimum atomic E-state index is 0.609. The highest BCUT2D eigenvalue weighted by molar-refractivity contribution is 8.00. The number of thioether (sulfide) groups is 1. The Hall–Kier alpha value is -2.32. The molecule has 0 amide bonds. The van der Waals surface area contributed by atoms with Gasteiger partial charge in [-0.3, -0.25) is 0 Å². The second kappa shape index (κ2) is 6.66. The average Bonchev–Trinajstić information content (AvgIpc) is 3.31. The Labute approximate surface area is 146 Å². The van der Waals surface area contributed by atoms with Crippen LogP contribution in [0, 0.1) is 6.92 Å². The molecule has 0 saturated heterocycles. The molecule has 0 aliphatic carbocycles. The fraction of sp³-hybridized carbons (Fsp3) is 0.188. The lowest BCUT2D eigenvalue weighted by molar-refractivity contribution is 0.518. The zero-order chi connectivity index (χ0) is 16.4. The summed E-state index contributed by atoms with van der Waals surface area (Å²) in [5.74, 6) is 1.65. The lowest BCUT2D eigenvalue weighted by atomic mass is 10.3. The molecule has 8 heteroatoms. The number of aromatic nitrogens is 4. The summed E-state index contributed by atoms with van der Waals surface area (Å²) in [5, 5.41) is 12.4. The highest BCUT2D eigenvalue weighted by atomic mass is 32.2. The van der Waals surface area contributed by atoms with Crippen LogP contribution in [0.25, 0.3) is 5.65 Å². The van der Waals surface area contributed by atoms with Gasteiger partial charge < -0.3 is 14.1 Å². The first kappa shape index (κ1) is 15.2. The molecule has 4 aromatic heterocycles. The molecule has 0 spiro atoms. The molecule has 0 fully saturated rings. The summed E-state index contributed by atoms with van der Waals surface area (Å²) in [6, 6.07) is 7.90. The summed E-state index contributed by atoms with van der Waals surface area (Å²) in [6.07, 6.45) is 5.74. The third-order valence-corrected chi connectivity index (χ3v) is 5.52. The van der Waals surface area contributed by atoms with Gasteiger partial charge in [-0.2, -0.15) is 0 Å². The van der Waals surface area contributed by atoms with Crippen LogP contribution in [-0.2, 0) is 12.3 Å². The van der Waals surface area contributed by atoms with Crippen LogP contribution in [0.15, 0.2) is 51.7 Å². The summed E-state index contributed by atoms with van der Waals surface area (Å²) in [6.45, 7) is 2.68. The SMILES string of the molecule is Cc1cccn2cc(CSc3nnc(NCc4ccco4)s3)nc12. The Morgan fingerprint density at radius 3 is 3.08 bits per heavy atom. The van der Waals surface area contributed by atoms with Crippen LogP contribution < -0.4 is 5.32 Å². The molecule has 6 nitrogen and oxygen atoms in total. The first-order chi connectivity index (χ1) is 11.8. The molecule has 4 heterocycles. The van der Waals surface area contributed by atoms with Crippen LogP contribution >= 0.6 is 23.1 Å². The monoisotopic (exact) mass is 357 g/mol. The van der Waals surface area contributed by atoms with Crippen LogP contribution in [0.4, 0.5) is 5.13 Å². The van der Waals surface area contributed by atoms with E-state index in [1.54, 1.807) is 18.0 Å². The summed E-state index contributed by atoms with van der Waals surface area (Å²) in [5.41, 5.74) is 3.22. The minimum absolute atomic E-state index is 0.609. The average molecular weight is 357 g/mol. The van der Waals surface area contributed by atoms with Crippen molar-refractivity contribution < 1.29 is 4.42 Å². The van der Waals surface area contributed by atoms with Crippen molar-refractivity contribution in [1.82, 2.24) is 19.6 Å². The number of aryl methyl sites for hydroxylation is 1. The molecule has 1 N–H and O–H groups in total. The van der Waals surface area contributed by atoms with Gasteiger partial charge >= 0.3 is 0 Å². The van der Waals surface area contributed by atoms with E-state index in [2.05, 4.69) is 44.1 Å². The van der Waals surface area contributed by atoms with Gasteiger partial charge in [0.1, 0.15) is 11.4 Å². The van der Waals surface area contributed by atoms with Crippen molar-refractivity contribution >= 4 is 33.9 Å². The van der Waals surface area contributed by atoms with E-state index in [0.29, 0.717) is 6.54 Å². The fourth-order valence-corrected chi connectivity index (χ4v) is 3.96. The Bertz CT molecular complexity index is 945. The second-order valence-electron chi connectivity index (χ2n) is 5.25. The zero-order valence-electron chi connectivity index (χ0n) is 13.0. The van der Waals surface area contributed by atoms with Crippen molar-refractivity contribution in [2.75, 3.05) is 5.32 Å². The number of nitrogens with zero attached hydrogens (tertiary/aromatic N) is 4. The molecule has 24 heavy (non-hydrogen) atoms. The van der Waals surface area contributed by atoms with E-state index in [1.165, 1.54) is 16.9 Å². The molecule has 0 saturated carbocycles. The van der Waals surface area contributed by atoms with Gasteiger partial charge in [-0.15, -0.1) is 10.2 Å². The molecular formula is C16H15N5OS2. The Morgan fingerprint density at radius 2 is 2.25 bits per heavy atom. The maximum absolute atomic E-state index is 5.28. The standard InChI is InChI=1S/C16H15N5OS2/c1-11-4-2-6-21-9-12(18-14(11)21)10-23-16-20-19-15(24-16)17-8-13-5-3-7-22-13/h2-7,9H,8,10H2,1H3,(H,17,19). The first-order valence-corrected chi connectivity index (χ1v) is 9.24. The topological polar surface area (TPSA) is 68.2 Å². The van der Waals surface area contributed by atoms with E-state index >= 15 is 0 Å². The lowest BCUT2D eigenvalue weighted by Gasteiger charge is -1.96. The summed E-state index contributed by atoms with van der Waals surface area (Å²) >= 11 is 3.18. The normalized spacial score (nSPS) is 11.2. The van der Waals surface area contributed by atoms with E-state index in [4.69, 9.17) is 4.42 Å². The Balaban J connectivity index is 1.37. The molecule has 4 aromatic rings. The summed E-state index contributed by atoms with van der Waals surface area (Å²) in [7, 11) is 0. The number of imidazole rings is 1. The first-order valence-electron chi connectivity index (χ1n) is 7.44. The lowest BCUT2D eigenvalue weighted by Crippen LogP contribution is -1.96. The van der Waals surface area contributed by atoms with Crippen LogP contribution in [-0.4, -0.2) is 19.6 Å². The predicted molar refractivity (Wildman–Crippen MR) is 95.4 cm³/mol. The smallest absolute Gasteiger partial charge is 0.206 e. The van der Waals surface area contributed by atoms with Crippen LogP contribution in [0.2, 0.25) is 0 Å². The Kier molecular flexibility index (Phi) is 4.22. The molecular weight excluding hydrogens is 342 g/mol. The molecule has 0 unspecified atom stereocenters. The van der Waals surface area contributed by atoms with Crippen molar-refractivity contribution in [3.63, 3.8) is 0 Å². The number of fused-ring (bicyclic) bond motifs is 1. The van der Waals surface area contributed by atoms with Crippen molar-refractivity contribution in [2.45, 2.75) is 23.6 Å². The van der Waals surface area contributed by atoms with Crippen molar-refractivity contribution in [2.24, 2.45) is 0 Å². The third kappa shape index (κ3) is 3.29. The summed E-state index contributed by atoms with van der Waals surface area (Å²) in [4.78, 5) is 4.67. The number of nitrogens with one attached hydrogen (secondary N) is 1. The number of pyridine rings is 1. The predicted octanol–water partition coefficient (Wildman–Crippen LogP) is 3.99. The van der Waals surface area contributed by atoms with E-state index < -0.39 is 0 Å². The van der Waals surface area contributed by atoms with Gasteiger partial charge in [-0.05, 0) is 30.7 Å². The van der Waals surface area contributed by atoms with Crippen molar-refractivity contribution in [3.05, 3.63) is 59.9 Å². The molecule has 0 radical (unpaired) electrons. The van der Waals surface area contributed by atoms with E-state index in [0.717, 1.165) is 32.3 Å². The molecule has 0 atom stereocenters. The largest absolute Gasteiger partial charge is 0.467 e. The van der Waals surface area contributed by atoms with E-state index in [-0.39, 0.29) is 0 Å². The minimum Gasteiger partial charge on any atom is -0.467 e. The molecule has 0 bridgehead atoms. The number of furan rings is 1. The quantitative estimate of drug-likeness (QED) is 0.526. The molecule has 0 aromatic carbocycles. The van der Waals surface area contributed by atoms with Gasteiger partial charge in [-0.25, -0.2) is 4.98 Å². The van der Waals surface area contributed by atoms with Gasteiger partial charge in [0.15, 0.2) is 4.34 Å². The number of hydrogen-bond acceptors (Lipinski definition) is 7. The Morgan fingerprint density at radius 1 is 1.29 bits per heavy atom. The molecule has 4 rings (SSSR count). The zero-order valence-corrected chi connectivity index (χ0v) is 14.6. The maximum atomic E-state index is 5.28. The number of anilines is 1. The molecule has 0 aliphatic rings. The third-order valence-electron chi connectivity index (χ3n) is 3.47. The van der Waals surface area contributed by atoms with Gasteiger partial charge in [0.25, 0.3) is 0 Å². The van der Waals surface area contributed by atoms with Gasteiger partial charge in [0, 0.05) is 18.1 Å². The van der Waals surface area contributed by atoms with Crippen molar-refractivity contribution in [1.29, 1.82) is 0 Å². The highest BCUT2D eigenvalue weighted by Gasteiger charge is 2.08. The summed E-state index contributed by atoms with van der Waals surface area (Å²) < 4.78 is 8.26. The highest BCUT2D eigenvalue weighted by Crippen LogP contribution is 2.28. The van der Waals surface area contributed by atoms with Crippen LogP contribution in [0.3, 0.4) is 0 Å². The second-order valence-corrected chi connectivity index (χ2v) is 7.45. The van der Waals surface area contributed by atoms with Crippen molar-refractivity contribution in [3.8, 4) is 0 Å². The molecule has 122 valence electrons. The van der Waals surface area contributed by atoms with Gasteiger partial charge in [-0.1, -0.05) is 29.2 Å². The van der Waals surface area contributed by atoms with E-state index in [9.17, 15) is 0 Å². The van der Waals surface area contributed by atoms with E-state index in [1.807, 2.05) is 24.4 Å². The van der Waals surface area contributed by atoms with Gasteiger partial charge in [0.2, 0.25) is 5.13 Å².